The van der Waals surface area contributed by atoms with Crippen molar-refractivity contribution in [3.8, 4) is 0 Å². The average molecular weight is 276 g/mol. The third-order valence-electron chi connectivity index (χ3n) is 6.15. The first-order valence-corrected chi connectivity index (χ1v) is 8.27. The van der Waals surface area contributed by atoms with Gasteiger partial charge in [0.05, 0.1) is 0 Å². The largest absolute Gasteiger partial charge is 0.455 e. The van der Waals surface area contributed by atoms with Crippen LogP contribution >= 0.6 is 0 Å². The molecule has 0 aromatic carbocycles. The Morgan fingerprint density at radius 3 is 2.30 bits per heavy atom. The lowest BCUT2D eigenvalue weighted by atomic mass is 9.44. The molecule has 2 atom stereocenters. The zero-order valence-electron chi connectivity index (χ0n) is 13.2. The summed E-state index contributed by atoms with van der Waals surface area (Å²) in [4.78, 5) is 12.2. The van der Waals surface area contributed by atoms with Crippen LogP contribution in [0.2, 0.25) is 0 Å². The first-order valence-electron chi connectivity index (χ1n) is 8.27. The molecular formula is C18H28O2. The lowest BCUT2D eigenvalue weighted by molar-refractivity contribution is -0.222. The molecule has 4 rings (SSSR count). The SMILES string of the molecule is C=C(C)C(=O)OC1(CCC)C2CC3CC1CC(C)(C3)C2. The third kappa shape index (κ3) is 2.03. The fourth-order valence-corrected chi connectivity index (χ4v) is 5.73. The van der Waals surface area contributed by atoms with Gasteiger partial charge in [-0.15, -0.1) is 0 Å². The smallest absolute Gasteiger partial charge is 0.333 e. The summed E-state index contributed by atoms with van der Waals surface area (Å²) in [5.74, 6) is 1.88. The topological polar surface area (TPSA) is 26.3 Å². The maximum absolute atomic E-state index is 12.2. The Morgan fingerprint density at radius 2 is 1.85 bits per heavy atom. The van der Waals surface area contributed by atoms with Gasteiger partial charge in [-0.3, -0.25) is 0 Å². The van der Waals surface area contributed by atoms with Crippen LogP contribution in [0.4, 0.5) is 0 Å². The van der Waals surface area contributed by atoms with Crippen LogP contribution < -0.4 is 0 Å². The van der Waals surface area contributed by atoms with E-state index in [1.807, 2.05) is 0 Å². The van der Waals surface area contributed by atoms with E-state index in [2.05, 4.69) is 20.4 Å². The molecule has 0 aromatic rings. The van der Waals surface area contributed by atoms with Crippen molar-refractivity contribution in [2.45, 2.75) is 71.3 Å². The second kappa shape index (κ2) is 4.61. The molecule has 0 spiro atoms. The number of hydrogen-bond acceptors (Lipinski definition) is 2. The molecule has 2 unspecified atom stereocenters. The van der Waals surface area contributed by atoms with Gasteiger partial charge in [-0.1, -0.05) is 26.8 Å². The van der Waals surface area contributed by atoms with Gasteiger partial charge >= 0.3 is 5.97 Å². The molecule has 0 amide bonds. The fourth-order valence-electron chi connectivity index (χ4n) is 5.73. The monoisotopic (exact) mass is 276 g/mol. The minimum atomic E-state index is -0.179. The van der Waals surface area contributed by atoms with Crippen LogP contribution in [0.15, 0.2) is 12.2 Å². The predicted octanol–water partition coefficient (Wildman–Crippen LogP) is 4.49. The molecule has 2 nitrogen and oxygen atoms in total. The van der Waals surface area contributed by atoms with E-state index < -0.39 is 0 Å². The maximum Gasteiger partial charge on any atom is 0.333 e. The van der Waals surface area contributed by atoms with Crippen molar-refractivity contribution < 1.29 is 9.53 Å². The molecule has 0 aromatic heterocycles. The molecule has 20 heavy (non-hydrogen) atoms. The minimum Gasteiger partial charge on any atom is -0.455 e. The van der Waals surface area contributed by atoms with Gasteiger partial charge in [-0.2, -0.15) is 0 Å². The molecule has 0 heterocycles. The number of hydrogen-bond donors (Lipinski definition) is 0. The highest BCUT2D eigenvalue weighted by atomic mass is 16.6. The van der Waals surface area contributed by atoms with Crippen molar-refractivity contribution in [3.05, 3.63) is 12.2 Å². The Balaban J connectivity index is 1.91. The summed E-state index contributed by atoms with van der Waals surface area (Å²) >= 11 is 0. The average Bonchev–Trinajstić information content (AvgIpc) is 2.33. The summed E-state index contributed by atoms with van der Waals surface area (Å²) in [7, 11) is 0. The van der Waals surface area contributed by atoms with Crippen LogP contribution in [0.1, 0.15) is 65.7 Å². The van der Waals surface area contributed by atoms with Gasteiger partial charge in [0, 0.05) is 5.57 Å². The first-order chi connectivity index (χ1) is 9.38. The van der Waals surface area contributed by atoms with Crippen LogP contribution in [-0.2, 0) is 9.53 Å². The predicted molar refractivity (Wildman–Crippen MR) is 80.2 cm³/mol. The fraction of sp³-hybridized carbons (Fsp3) is 0.833. The van der Waals surface area contributed by atoms with Gasteiger partial charge in [0.1, 0.15) is 5.60 Å². The highest BCUT2D eigenvalue weighted by Crippen LogP contribution is 2.65. The van der Waals surface area contributed by atoms with Gasteiger partial charge in [-0.05, 0) is 68.6 Å². The van der Waals surface area contributed by atoms with E-state index in [1.54, 1.807) is 6.92 Å². The Bertz CT molecular complexity index is 421. The van der Waals surface area contributed by atoms with E-state index in [-0.39, 0.29) is 11.6 Å². The Hall–Kier alpha value is -0.790. The van der Waals surface area contributed by atoms with E-state index in [0.717, 1.165) is 18.8 Å². The molecule has 0 N–H and O–H groups in total. The molecule has 4 aliphatic carbocycles. The summed E-state index contributed by atoms with van der Waals surface area (Å²) in [6.07, 6.45) is 8.58. The Kier molecular flexibility index (Phi) is 3.26. The van der Waals surface area contributed by atoms with Crippen molar-refractivity contribution in [2.75, 3.05) is 0 Å². The summed E-state index contributed by atoms with van der Waals surface area (Å²) in [5.41, 5.74) is 0.880. The van der Waals surface area contributed by atoms with Crippen molar-refractivity contribution in [3.63, 3.8) is 0 Å². The second-order valence-electron chi connectivity index (χ2n) is 8.03. The molecule has 0 aliphatic heterocycles. The lowest BCUT2D eigenvalue weighted by Gasteiger charge is -2.64. The summed E-state index contributed by atoms with van der Waals surface area (Å²) in [5, 5.41) is 0. The quantitative estimate of drug-likeness (QED) is 0.558. The molecule has 4 saturated carbocycles. The molecular weight excluding hydrogens is 248 g/mol. The van der Waals surface area contributed by atoms with Crippen LogP contribution in [0.25, 0.3) is 0 Å². The lowest BCUT2D eigenvalue weighted by Crippen LogP contribution is -2.62. The standard InChI is InChI=1S/C18H28O2/c1-5-6-18(20-16(19)12(2)3)14-7-13-8-15(18)11-17(4,9-13)10-14/h13-15H,2,5-11H2,1,3-4H3. The van der Waals surface area contributed by atoms with E-state index in [0.29, 0.717) is 22.8 Å². The van der Waals surface area contributed by atoms with Crippen LogP contribution in [0.3, 0.4) is 0 Å². The summed E-state index contributed by atoms with van der Waals surface area (Å²) in [6, 6.07) is 0. The molecule has 2 heteroatoms. The van der Waals surface area contributed by atoms with E-state index in [9.17, 15) is 4.79 Å². The molecule has 4 fully saturated rings. The van der Waals surface area contributed by atoms with Crippen molar-refractivity contribution in [1.82, 2.24) is 0 Å². The normalized spacial score (nSPS) is 45.5. The number of esters is 1. The van der Waals surface area contributed by atoms with E-state index in [4.69, 9.17) is 4.74 Å². The minimum absolute atomic E-state index is 0.170. The highest BCUT2D eigenvalue weighted by molar-refractivity contribution is 5.87. The zero-order chi connectivity index (χ0) is 14.5. The summed E-state index contributed by atoms with van der Waals surface area (Å²) < 4.78 is 6.12. The maximum atomic E-state index is 12.2. The highest BCUT2D eigenvalue weighted by Gasteiger charge is 2.62. The van der Waals surface area contributed by atoms with Gasteiger partial charge in [0.15, 0.2) is 0 Å². The van der Waals surface area contributed by atoms with Crippen molar-refractivity contribution in [1.29, 1.82) is 0 Å². The van der Waals surface area contributed by atoms with Gasteiger partial charge in [-0.25, -0.2) is 4.79 Å². The molecule has 0 saturated heterocycles. The molecule has 4 bridgehead atoms. The zero-order valence-corrected chi connectivity index (χ0v) is 13.2. The van der Waals surface area contributed by atoms with Crippen LogP contribution in [0, 0.1) is 23.2 Å². The molecule has 0 radical (unpaired) electrons. The number of carbonyl (C=O) groups excluding carboxylic acids is 1. The summed E-state index contributed by atoms with van der Waals surface area (Å²) in [6.45, 7) is 10.2. The van der Waals surface area contributed by atoms with Crippen molar-refractivity contribution >= 4 is 5.97 Å². The number of rotatable bonds is 4. The van der Waals surface area contributed by atoms with Crippen molar-refractivity contribution in [2.24, 2.45) is 23.2 Å². The van der Waals surface area contributed by atoms with Gasteiger partial charge in [0.25, 0.3) is 0 Å². The van der Waals surface area contributed by atoms with Crippen LogP contribution in [0.5, 0.6) is 0 Å². The first kappa shape index (κ1) is 14.2. The van der Waals surface area contributed by atoms with E-state index in [1.165, 1.54) is 32.1 Å². The third-order valence-corrected chi connectivity index (χ3v) is 6.15. The number of ether oxygens (including phenoxy) is 1. The van der Waals surface area contributed by atoms with Gasteiger partial charge in [0.2, 0.25) is 0 Å². The Morgan fingerprint density at radius 1 is 1.25 bits per heavy atom. The van der Waals surface area contributed by atoms with Gasteiger partial charge < -0.3 is 4.74 Å². The molecule has 112 valence electrons. The van der Waals surface area contributed by atoms with Crippen LogP contribution in [-0.4, -0.2) is 11.6 Å². The van der Waals surface area contributed by atoms with E-state index >= 15 is 0 Å². The molecule has 4 aliphatic rings. The number of carbonyl (C=O) groups is 1. The second-order valence-corrected chi connectivity index (χ2v) is 8.03. The Labute approximate surface area is 123 Å².